The number of hydrogen-bond acceptors (Lipinski definition) is 2. The lowest BCUT2D eigenvalue weighted by Gasteiger charge is -2.12. The second-order valence-corrected chi connectivity index (χ2v) is 6.99. The van der Waals surface area contributed by atoms with Gasteiger partial charge in [-0.1, -0.05) is 31.3 Å². The maximum Gasteiger partial charge on any atom is 0.337 e. The molecule has 0 saturated carbocycles. The Labute approximate surface area is 98.5 Å². The molecule has 0 unspecified atom stereocenters. The minimum absolute atomic E-state index is 0.235. The first-order chi connectivity index (χ1) is 7.60. The van der Waals surface area contributed by atoms with E-state index in [1.54, 1.807) is 0 Å². The van der Waals surface area contributed by atoms with Crippen molar-refractivity contribution in [2.75, 3.05) is 7.11 Å². The summed E-state index contributed by atoms with van der Waals surface area (Å²) >= 11 is 0. The molecule has 3 heteroatoms. The van der Waals surface area contributed by atoms with Gasteiger partial charge in [-0.05, 0) is 23.2 Å². The smallest absolute Gasteiger partial charge is 0.337 e. The Balaban J connectivity index is 3.19. The Bertz CT molecular complexity index is 397. The van der Waals surface area contributed by atoms with Crippen LogP contribution in [0.2, 0.25) is 13.1 Å². The van der Waals surface area contributed by atoms with Crippen LogP contribution < -0.4 is 5.19 Å². The summed E-state index contributed by atoms with van der Waals surface area (Å²) in [5.74, 6) is -0.235. The fourth-order valence-corrected chi connectivity index (χ4v) is 3.06. The van der Waals surface area contributed by atoms with Gasteiger partial charge in [0, 0.05) is 0 Å². The lowest BCUT2D eigenvalue weighted by atomic mass is 10.1. The highest BCUT2D eigenvalue weighted by atomic mass is 28.3. The summed E-state index contributed by atoms with van der Waals surface area (Å²) in [5, 5.41) is 1.17. The van der Waals surface area contributed by atoms with Crippen LogP contribution in [-0.4, -0.2) is 21.9 Å². The van der Waals surface area contributed by atoms with Crippen LogP contribution in [0.4, 0.5) is 0 Å². The van der Waals surface area contributed by atoms with E-state index in [0.717, 1.165) is 12.0 Å². The van der Waals surface area contributed by atoms with Gasteiger partial charge in [0.2, 0.25) is 0 Å². The van der Waals surface area contributed by atoms with Crippen molar-refractivity contribution in [2.45, 2.75) is 19.5 Å². The summed E-state index contributed by atoms with van der Waals surface area (Å²) in [5.41, 5.74) is 1.93. The first-order valence-electron chi connectivity index (χ1n) is 5.42. The third-order valence-corrected chi connectivity index (χ3v) is 4.25. The summed E-state index contributed by atoms with van der Waals surface area (Å²) < 4.78 is 4.79. The molecule has 0 saturated heterocycles. The van der Waals surface area contributed by atoms with Crippen LogP contribution in [0.5, 0.6) is 0 Å². The van der Waals surface area contributed by atoms with E-state index in [1.807, 2.05) is 18.2 Å². The van der Waals surface area contributed by atoms with Crippen LogP contribution >= 0.6 is 0 Å². The number of rotatable bonds is 4. The second kappa shape index (κ2) is 5.65. The Morgan fingerprint density at radius 3 is 2.69 bits per heavy atom. The lowest BCUT2D eigenvalue weighted by Crippen LogP contribution is -2.30. The molecular weight excluding hydrogens is 216 g/mol. The largest absolute Gasteiger partial charge is 0.465 e. The molecule has 0 radical (unpaired) electrons. The predicted octanol–water partition coefficient (Wildman–Crippen LogP) is 1.90. The third-order valence-electron chi connectivity index (χ3n) is 2.52. The quantitative estimate of drug-likeness (QED) is 0.452. The van der Waals surface area contributed by atoms with Crippen LogP contribution in [0, 0.1) is 0 Å². The van der Waals surface area contributed by atoms with Crippen LogP contribution in [0.3, 0.4) is 0 Å². The van der Waals surface area contributed by atoms with Crippen molar-refractivity contribution in [3.8, 4) is 0 Å². The minimum atomic E-state index is -1.03. The zero-order chi connectivity index (χ0) is 12.1. The maximum absolute atomic E-state index is 11.6. The van der Waals surface area contributed by atoms with Crippen LogP contribution in [-0.2, 0) is 11.2 Å². The number of ether oxygens (including phenoxy) is 1. The number of allylic oxidation sites excluding steroid dienone is 1. The van der Waals surface area contributed by atoms with Gasteiger partial charge < -0.3 is 4.74 Å². The first kappa shape index (κ1) is 12.7. The molecule has 0 amide bonds. The average molecular weight is 234 g/mol. The highest BCUT2D eigenvalue weighted by Crippen LogP contribution is 2.06. The number of hydrogen-bond donors (Lipinski definition) is 0. The first-order valence-corrected chi connectivity index (χ1v) is 8.30. The Morgan fingerprint density at radius 2 is 2.19 bits per heavy atom. The third kappa shape index (κ3) is 2.82. The standard InChI is InChI=1S/C13H18O2Si/c1-5-6-10-7-8-11(13(14)15-2)12(9-10)16(3)4/h5,7-9,16H,1,6H2,2-4H3. The average Bonchev–Trinajstić information content (AvgIpc) is 2.28. The van der Waals surface area contributed by atoms with E-state index in [2.05, 4.69) is 25.7 Å². The van der Waals surface area contributed by atoms with Crippen LogP contribution in [0.25, 0.3) is 0 Å². The van der Waals surface area contributed by atoms with Gasteiger partial charge in [0.1, 0.15) is 0 Å². The van der Waals surface area contributed by atoms with E-state index in [1.165, 1.54) is 17.9 Å². The number of esters is 1. The molecule has 1 aromatic carbocycles. The molecule has 0 spiro atoms. The van der Waals surface area contributed by atoms with Crippen molar-refractivity contribution in [1.82, 2.24) is 0 Å². The van der Waals surface area contributed by atoms with Gasteiger partial charge in [-0.15, -0.1) is 6.58 Å². The highest BCUT2D eigenvalue weighted by Gasteiger charge is 2.14. The Kier molecular flexibility index (Phi) is 4.49. The fraction of sp³-hybridized carbons (Fsp3) is 0.308. The molecule has 1 rings (SSSR count). The topological polar surface area (TPSA) is 26.3 Å². The fourth-order valence-electron chi connectivity index (χ4n) is 1.68. The molecular formula is C13H18O2Si. The summed E-state index contributed by atoms with van der Waals surface area (Å²) in [4.78, 5) is 11.6. The van der Waals surface area contributed by atoms with Crippen molar-refractivity contribution in [3.05, 3.63) is 42.0 Å². The van der Waals surface area contributed by atoms with E-state index >= 15 is 0 Å². The molecule has 0 bridgehead atoms. The maximum atomic E-state index is 11.6. The van der Waals surface area contributed by atoms with Crippen molar-refractivity contribution in [1.29, 1.82) is 0 Å². The zero-order valence-corrected chi connectivity index (χ0v) is 11.3. The van der Waals surface area contributed by atoms with Gasteiger partial charge in [0.25, 0.3) is 0 Å². The van der Waals surface area contributed by atoms with E-state index < -0.39 is 8.80 Å². The molecule has 0 aliphatic rings. The molecule has 2 nitrogen and oxygen atoms in total. The number of carbonyl (C=O) groups excluding carboxylic acids is 1. The molecule has 0 aromatic heterocycles. The van der Waals surface area contributed by atoms with Crippen molar-refractivity contribution in [2.24, 2.45) is 0 Å². The van der Waals surface area contributed by atoms with Crippen molar-refractivity contribution in [3.63, 3.8) is 0 Å². The Morgan fingerprint density at radius 1 is 1.50 bits per heavy atom. The van der Waals surface area contributed by atoms with Crippen molar-refractivity contribution >= 4 is 20.0 Å². The molecule has 0 heterocycles. The summed E-state index contributed by atoms with van der Waals surface area (Å²) in [6.07, 6.45) is 2.72. The van der Waals surface area contributed by atoms with E-state index in [-0.39, 0.29) is 5.97 Å². The Hall–Kier alpha value is -1.35. The molecule has 16 heavy (non-hydrogen) atoms. The zero-order valence-electron chi connectivity index (χ0n) is 10.1. The van der Waals surface area contributed by atoms with Crippen LogP contribution in [0.1, 0.15) is 15.9 Å². The van der Waals surface area contributed by atoms with Gasteiger partial charge >= 0.3 is 5.97 Å². The summed E-state index contributed by atoms with van der Waals surface area (Å²) in [6, 6.07) is 5.95. The van der Waals surface area contributed by atoms with Gasteiger partial charge in [0.15, 0.2) is 0 Å². The van der Waals surface area contributed by atoms with E-state index in [4.69, 9.17) is 4.74 Å². The summed E-state index contributed by atoms with van der Waals surface area (Å²) in [6.45, 7) is 8.14. The molecule has 1 aromatic rings. The molecule has 86 valence electrons. The van der Waals surface area contributed by atoms with Gasteiger partial charge in [-0.2, -0.15) is 0 Å². The normalized spacial score (nSPS) is 10.2. The second-order valence-electron chi connectivity index (χ2n) is 4.06. The number of benzene rings is 1. The molecule has 0 aliphatic carbocycles. The molecule has 0 aliphatic heterocycles. The van der Waals surface area contributed by atoms with Crippen LogP contribution in [0.15, 0.2) is 30.9 Å². The van der Waals surface area contributed by atoms with Crippen molar-refractivity contribution < 1.29 is 9.53 Å². The van der Waals surface area contributed by atoms with Gasteiger partial charge in [-0.3, -0.25) is 0 Å². The monoisotopic (exact) mass is 234 g/mol. The SMILES string of the molecule is C=CCc1ccc(C(=O)OC)c([SiH](C)C)c1. The minimum Gasteiger partial charge on any atom is -0.465 e. The predicted molar refractivity (Wildman–Crippen MR) is 70.2 cm³/mol. The molecule has 0 atom stereocenters. The van der Waals surface area contributed by atoms with Gasteiger partial charge in [0.05, 0.1) is 21.5 Å². The molecule has 0 N–H and O–H groups in total. The van der Waals surface area contributed by atoms with E-state index in [9.17, 15) is 4.79 Å². The molecule has 0 fully saturated rings. The van der Waals surface area contributed by atoms with E-state index in [0.29, 0.717) is 0 Å². The highest BCUT2D eigenvalue weighted by molar-refractivity contribution is 6.72. The summed E-state index contributed by atoms with van der Waals surface area (Å²) in [7, 11) is 0.396. The lowest BCUT2D eigenvalue weighted by molar-refractivity contribution is 0.0602. The number of methoxy groups -OCH3 is 1. The number of carbonyl (C=O) groups is 1. The van der Waals surface area contributed by atoms with Gasteiger partial charge in [-0.25, -0.2) is 4.79 Å².